The van der Waals surface area contributed by atoms with Gasteiger partial charge in [-0.05, 0) is 17.2 Å². The molecule has 0 aliphatic heterocycles. The lowest BCUT2D eigenvalue weighted by Gasteiger charge is -2.04. The van der Waals surface area contributed by atoms with E-state index in [4.69, 9.17) is 11.6 Å². The number of rotatable bonds is 2. The molecule has 0 saturated carbocycles. The van der Waals surface area contributed by atoms with Crippen LogP contribution in [0.1, 0.15) is 11.1 Å². The Morgan fingerprint density at radius 3 is 2.64 bits per heavy atom. The van der Waals surface area contributed by atoms with Crippen molar-refractivity contribution in [2.45, 2.75) is 9.76 Å². The van der Waals surface area contributed by atoms with Gasteiger partial charge in [-0.15, -0.1) is 0 Å². The first-order chi connectivity index (χ1) is 5.29. The van der Waals surface area contributed by atoms with Gasteiger partial charge in [-0.2, -0.15) is 0 Å². The van der Waals surface area contributed by atoms with E-state index in [-0.39, 0.29) is 0 Å². The van der Waals surface area contributed by atoms with E-state index >= 15 is 0 Å². The average Bonchev–Trinajstić information content (AvgIpc) is 2.04. The molecule has 3 heteroatoms. The molecule has 0 N–H and O–H groups in total. The molecule has 0 bridgehead atoms. The lowest BCUT2D eigenvalue weighted by Crippen LogP contribution is -1.87. The van der Waals surface area contributed by atoms with Gasteiger partial charge in [-0.1, -0.05) is 62.3 Å². The molecule has 0 nitrogen and oxygen atoms in total. The Balaban J connectivity index is 3.13. The largest absolute Gasteiger partial charge is 0.0876 e. The Morgan fingerprint density at radius 2 is 2.18 bits per heavy atom. The van der Waals surface area contributed by atoms with Crippen molar-refractivity contribution in [3.63, 3.8) is 0 Å². The predicted molar refractivity (Wildman–Crippen MR) is 61.8 cm³/mol. The van der Waals surface area contributed by atoms with Gasteiger partial charge in [0.1, 0.15) is 0 Å². The molecule has 0 amide bonds. The van der Waals surface area contributed by atoms with Crippen molar-refractivity contribution in [3.05, 3.63) is 34.3 Å². The number of alkyl halides is 2. The third kappa shape index (κ3) is 2.33. The van der Waals surface area contributed by atoms with Crippen molar-refractivity contribution in [2.24, 2.45) is 0 Å². The number of halogens is 3. The summed E-state index contributed by atoms with van der Waals surface area (Å²) in [6.45, 7) is 0. The molecule has 0 spiro atoms. The van der Waals surface area contributed by atoms with Gasteiger partial charge in [0.05, 0.1) is 0 Å². The highest BCUT2D eigenvalue weighted by Crippen LogP contribution is 2.24. The van der Waals surface area contributed by atoms with E-state index in [9.17, 15) is 0 Å². The second-order valence-electron chi connectivity index (χ2n) is 2.14. The van der Waals surface area contributed by atoms with Crippen molar-refractivity contribution in [3.8, 4) is 0 Å². The summed E-state index contributed by atoms with van der Waals surface area (Å²) >= 11 is 11.7. The summed E-state index contributed by atoms with van der Waals surface area (Å²) in [7, 11) is 0. The summed E-state index contributed by atoms with van der Waals surface area (Å²) in [5.41, 5.74) is 2.53. The average molecular weight is 345 g/mol. The van der Waals surface area contributed by atoms with Gasteiger partial charge >= 0.3 is 0 Å². The molecule has 60 valence electrons. The number of hydrogen-bond acceptors (Lipinski definition) is 0. The normalized spacial score (nSPS) is 10.1. The topological polar surface area (TPSA) is 0 Å². The summed E-state index contributed by atoms with van der Waals surface area (Å²) in [4.78, 5) is 0. The zero-order valence-corrected chi connectivity index (χ0v) is 10.3. The molecule has 0 heterocycles. The molecule has 1 rings (SSSR count). The van der Waals surface area contributed by atoms with E-state index in [2.05, 4.69) is 44.6 Å². The van der Waals surface area contributed by atoms with Gasteiger partial charge in [0.25, 0.3) is 0 Å². The Bertz CT molecular complexity index is 250. The smallest absolute Gasteiger partial charge is 0.0448 e. The molecule has 11 heavy (non-hydrogen) atoms. The van der Waals surface area contributed by atoms with Gasteiger partial charge in [-0.25, -0.2) is 0 Å². The SMILES string of the molecule is Clc1cccc(CBr)c1CI. The zero-order chi connectivity index (χ0) is 8.27. The summed E-state index contributed by atoms with van der Waals surface area (Å²) < 4.78 is 0.971. The van der Waals surface area contributed by atoms with Crippen LogP contribution in [0.25, 0.3) is 0 Å². The van der Waals surface area contributed by atoms with Crippen LogP contribution in [0, 0.1) is 0 Å². The maximum Gasteiger partial charge on any atom is 0.0448 e. The highest BCUT2D eigenvalue weighted by atomic mass is 127. The Kier molecular flexibility index (Phi) is 4.17. The minimum atomic E-state index is 0.872. The fraction of sp³-hybridized carbons (Fsp3) is 0.250. The van der Waals surface area contributed by atoms with Crippen LogP contribution in [0.15, 0.2) is 18.2 Å². The van der Waals surface area contributed by atoms with Crippen molar-refractivity contribution in [1.82, 2.24) is 0 Å². The fourth-order valence-electron chi connectivity index (χ4n) is 0.878. The van der Waals surface area contributed by atoms with Crippen LogP contribution in [0.4, 0.5) is 0 Å². The summed E-state index contributed by atoms with van der Waals surface area (Å²) in [6.07, 6.45) is 0. The first kappa shape index (κ1) is 9.81. The summed E-state index contributed by atoms with van der Waals surface area (Å²) in [5.74, 6) is 0. The fourth-order valence-corrected chi connectivity index (χ4v) is 2.79. The molecule has 0 radical (unpaired) electrons. The Morgan fingerprint density at radius 1 is 1.45 bits per heavy atom. The highest BCUT2D eigenvalue weighted by Gasteiger charge is 2.02. The minimum Gasteiger partial charge on any atom is -0.0876 e. The standard InChI is InChI=1S/C8H7BrClI/c9-4-6-2-1-3-8(10)7(6)5-11/h1-3H,4-5H2. The molecule has 0 aromatic heterocycles. The Labute approximate surface area is 93.6 Å². The monoisotopic (exact) mass is 344 g/mol. The first-order valence-electron chi connectivity index (χ1n) is 3.17. The lowest BCUT2D eigenvalue weighted by molar-refractivity contribution is 1.31. The van der Waals surface area contributed by atoms with Crippen LogP contribution in [0.5, 0.6) is 0 Å². The maximum absolute atomic E-state index is 5.98. The van der Waals surface area contributed by atoms with Crippen LogP contribution in [-0.4, -0.2) is 0 Å². The number of hydrogen-bond donors (Lipinski definition) is 0. The molecule has 1 aromatic carbocycles. The third-order valence-corrected chi connectivity index (χ3v) is 3.21. The summed E-state index contributed by atoms with van der Waals surface area (Å²) in [5, 5.41) is 1.75. The van der Waals surface area contributed by atoms with Crippen molar-refractivity contribution in [2.75, 3.05) is 0 Å². The van der Waals surface area contributed by atoms with Crippen LogP contribution in [0.3, 0.4) is 0 Å². The molecule has 0 aliphatic carbocycles. The van der Waals surface area contributed by atoms with Crippen LogP contribution in [-0.2, 0) is 9.76 Å². The van der Waals surface area contributed by atoms with Gasteiger partial charge in [0.15, 0.2) is 0 Å². The van der Waals surface area contributed by atoms with Crippen LogP contribution < -0.4 is 0 Å². The molecule has 0 saturated heterocycles. The lowest BCUT2D eigenvalue weighted by atomic mass is 10.1. The second-order valence-corrected chi connectivity index (χ2v) is 3.88. The van der Waals surface area contributed by atoms with E-state index in [1.807, 2.05) is 12.1 Å². The molecule has 0 atom stereocenters. The van der Waals surface area contributed by atoms with Crippen LogP contribution in [0.2, 0.25) is 5.02 Å². The first-order valence-corrected chi connectivity index (χ1v) is 6.20. The van der Waals surface area contributed by atoms with E-state index in [1.54, 1.807) is 0 Å². The van der Waals surface area contributed by atoms with Crippen molar-refractivity contribution in [1.29, 1.82) is 0 Å². The molecule has 0 unspecified atom stereocenters. The quantitative estimate of drug-likeness (QED) is 0.557. The zero-order valence-electron chi connectivity index (χ0n) is 5.78. The van der Waals surface area contributed by atoms with E-state index in [0.717, 1.165) is 14.8 Å². The molecule has 0 fully saturated rings. The van der Waals surface area contributed by atoms with Gasteiger partial charge in [-0.3, -0.25) is 0 Å². The molecular formula is C8H7BrClI. The van der Waals surface area contributed by atoms with E-state index in [1.165, 1.54) is 11.1 Å². The van der Waals surface area contributed by atoms with E-state index in [0.29, 0.717) is 0 Å². The minimum absolute atomic E-state index is 0.872. The van der Waals surface area contributed by atoms with Gasteiger partial charge in [0.2, 0.25) is 0 Å². The van der Waals surface area contributed by atoms with Gasteiger partial charge in [0, 0.05) is 14.8 Å². The molecule has 0 aliphatic rings. The van der Waals surface area contributed by atoms with Gasteiger partial charge < -0.3 is 0 Å². The van der Waals surface area contributed by atoms with Crippen LogP contribution >= 0.6 is 50.1 Å². The van der Waals surface area contributed by atoms with Crippen molar-refractivity contribution < 1.29 is 0 Å². The summed E-state index contributed by atoms with van der Waals surface area (Å²) in [6, 6.07) is 6.01. The number of benzene rings is 1. The van der Waals surface area contributed by atoms with Crippen molar-refractivity contribution >= 4 is 50.1 Å². The highest BCUT2D eigenvalue weighted by molar-refractivity contribution is 14.1. The molecular weight excluding hydrogens is 338 g/mol. The Hall–Kier alpha value is 0.720. The predicted octanol–water partition coefficient (Wildman–Crippen LogP) is 4.17. The third-order valence-electron chi connectivity index (χ3n) is 1.49. The van der Waals surface area contributed by atoms with E-state index < -0.39 is 0 Å². The molecule has 1 aromatic rings. The maximum atomic E-state index is 5.98. The second kappa shape index (κ2) is 4.67.